The normalized spacial score (nSPS) is 16.5. The third-order valence-corrected chi connectivity index (χ3v) is 5.83. The van der Waals surface area contributed by atoms with Crippen LogP contribution in [0.3, 0.4) is 0 Å². The zero-order valence-corrected chi connectivity index (χ0v) is 19.3. The van der Waals surface area contributed by atoms with Crippen LogP contribution in [0.15, 0.2) is 24.3 Å². The molecule has 0 bridgehead atoms. The molecule has 170 valence electrons. The number of carbonyl (C=O) groups is 1. The summed E-state index contributed by atoms with van der Waals surface area (Å²) in [7, 11) is -3.54. The monoisotopic (exact) mass is 439 g/mol. The van der Waals surface area contributed by atoms with Gasteiger partial charge in [-0.25, -0.2) is 0 Å². The number of nitrogens with zero attached hydrogens (tertiary/aromatic N) is 1. The summed E-state index contributed by atoms with van der Waals surface area (Å²) in [4.78, 5) is 14.8. The van der Waals surface area contributed by atoms with Crippen LogP contribution in [0.2, 0.25) is 0 Å². The first kappa shape index (κ1) is 24.7. The molecule has 1 heterocycles. The van der Waals surface area contributed by atoms with Crippen LogP contribution in [0, 0.1) is 0 Å². The van der Waals surface area contributed by atoms with E-state index >= 15 is 0 Å². The minimum absolute atomic E-state index is 0.107. The minimum Gasteiger partial charge on any atom is -0.383 e. The molecule has 0 saturated carbocycles. The lowest BCUT2D eigenvalue weighted by atomic mass is 10.1. The number of benzene rings is 1. The Morgan fingerprint density at radius 1 is 1.10 bits per heavy atom. The van der Waals surface area contributed by atoms with Crippen molar-refractivity contribution in [3.63, 3.8) is 0 Å². The number of hydrogen-bond donors (Lipinski definition) is 0. The van der Waals surface area contributed by atoms with Gasteiger partial charge in [-0.05, 0) is 37.0 Å². The molecule has 1 saturated heterocycles. The van der Waals surface area contributed by atoms with Gasteiger partial charge in [0.05, 0.1) is 12.4 Å². The van der Waals surface area contributed by atoms with Gasteiger partial charge in [0.1, 0.15) is 5.75 Å². The van der Waals surface area contributed by atoms with Crippen molar-refractivity contribution >= 4 is 16.0 Å². The Kier molecular flexibility index (Phi) is 10.6. The van der Waals surface area contributed by atoms with Gasteiger partial charge in [0.25, 0.3) is 0 Å². The molecule has 2 rings (SSSR count). The minimum atomic E-state index is -3.54. The van der Waals surface area contributed by atoms with Crippen molar-refractivity contribution in [2.45, 2.75) is 83.8 Å². The lowest BCUT2D eigenvalue weighted by molar-refractivity contribution is -0.133. The summed E-state index contributed by atoms with van der Waals surface area (Å²) in [5.41, 5.74) is 0.946. The summed E-state index contributed by atoms with van der Waals surface area (Å²) in [5.74, 6) is 0.442. The molecular formula is C23H37NO5S. The van der Waals surface area contributed by atoms with Crippen LogP contribution >= 0.6 is 0 Å². The van der Waals surface area contributed by atoms with Gasteiger partial charge in [0.2, 0.25) is 5.91 Å². The number of carbonyl (C=O) groups excluding carboxylic acids is 1. The summed E-state index contributed by atoms with van der Waals surface area (Å²) < 4.78 is 33.1. The fraction of sp³-hybridized carbons (Fsp3) is 0.696. The molecule has 1 unspecified atom stereocenters. The molecule has 1 aliphatic rings. The highest BCUT2D eigenvalue weighted by molar-refractivity contribution is 7.86. The average Bonchev–Trinajstić information content (AvgIpc) is 3.20. The molecule has 0 aromatic heterocycles. The Balaban J connectivity index is 1.87. The van der Waals surface area contributed by atoms with Crippen molar-refractivity contribution in [2.75, 3.05) is 19.4 Å². The molecule has 1 fully saturated rings. The van der Waals surface area contributed by atoms with Crippen LogP contribution in [0.5, 0.6) is 5.75 Å². The Bertz CT molecular complexity index is 726. The maximum absolute atomic E-state index is 12.9. The van der Waals surface area contributed by atoms with Crippen molar-refractivity contribution in [1.82, 2.24) is 4.90 Å². The van der Waals surface area contributed by atoms with Gasteiger partial charge in [-0.2, -0.15) is 8.42 Å². The highest BCUT2D eigenvalue weighted by Gasteiger charge is 2.22. The topological polar surface area (TPSA) is 72.9 Å². The lowest BCUT2D eigenvalue weighted by Gasteiger charge is -2.26. The fourth-order valence-corrected chi connectivity index (χ4v) is 4.19. The molecule has 1 aromatic carbocycles. The molecular weight excluding hydrogens is 402 g/mol. The Labute approximate surface area is 182 Å². The maximum Gasteiger partial charge on any atom is 0.306 e. The van der Waals surface area contributed by atoms with Crippen LogP contribution in [-0.2, 0) is 26.2 Å². The first-order valence-electron chi connectivity index (χ1n) is 11.2. The van der Waals surface area contributed by atoms with Crippen molar-refractivity contribution in [2.24, 2.45) is 0 Å². The van der Waals surface area contributed by atoms with Gasteiger partial charge in [-0.15, -0.1) is 0 Å². The third kappa shape index (κ3) is 9.94. The second-order valence-electron chi connectivity index (χ2n) is 8.21. The van der Waals surface area contributed by atoms with E-state index in [1.165, 1.54) is 32.1 Å². The van der Waals surface area contributed by atoms with E-state index in [9.17, 15) is 13.2 Å². The summed E-state index contributed by atoms with van der Waals surface area (Å²) in [6.45, 7) is 4.08. The van der Waals surface area contributed by atoms with E-state index in [-0.39, 0.29) is 17.8 Å². The molecule has 1 aromatic rings. The lowest BCUT2D eigenvalue weighted by Crippen LogP contribution is -2.36. The number of hydrogen-bond acceptors (Lipinski definition) is 5. The van der Waals surface area contributed by atoms with Crippen LogP contribution in [0.1, 0.15) is 76.7 Å². The first-order chi connectivity index (χ1) is 14.4. The summed E-state index contributed by atoms with van der Waals surface area (Å²) in [6, 6.07) is 6.87. The van der Waals surface area contributed by atoms with E-state index in [4.69, 9.17) is 8.92 Å². The number of amides is 1. The second kappa shape index (κ2) is 13.0. The summed E-state index contributed by atoms with van der Waals surface area (Å²) >= 11 is 0. The van der Waals surface area contributed by atoms with Crippen LogP contribution in [0.4, 0.5) is 0 Å². The van der Waals surface area contributed by atoms with Crippen molar-refractivity contribution in [1.29, 1.82) is 0 Å². The molecule has 6 nitrogen and oxygen atoms in total. The van der Waals surface area contributed by atoms with E-state index in [1.54, 1.807) is 12.1 Å². The fourth-order valence-electron chi connectivity index (χ4n) is 3.73. The number of unbranched alkanes of at least 4 members (excludes halogenated alkanes) is 6. The molecule has 1 amide bonds. The Hall–Kier alpha value is -1.60. The highest BCUT2D eigenvalue weighted by Crippen LogP contribution is 2.19. The largest absolute Gasteiger partial charge is 0.383 e. The van der Waals surface area contributed by atoms with Gasteiger partial charge in [-0.1, -0.05) is 57.6 Å². The van der Waals surface area contributed by atoms with E-state index in [0.29, 0.717) is 19.5 Å². The zero-order valence-electron chi connectivity index (χ0n) is 18.5. The highest BCUT2D eigenvalue weighted by atomic mass is 32.2. The van der Waals surface area contributed by atoms with Gasteiger partial charge in [-0.3, -0.25) is 4.79 Å². The predicted octanol–water partition coefficient (Wildman–Crippen LogP) is 4.67. The summed E-state index contributed by atoms with van der Waals surface area (Å²) in [6.07, 6.45) is 12.0. The molecule has 0 N–H and O–H groups in total. The van der Waals surface area contributed by atoms with Gasteiger partial charge in [0, 0.05) is 26.1 Å². The van der Waals surface area contributed by atoms with Gasteiger partial charge >= 0.3 is 10.1 Å². The van der Waals surface area contributed by atoms with Crippen molar-refractivity contribution < 1.29 is 22.1 Å². The molecule has 0 radical (unpaired) electrons. The van der Waals surface area contributed by atoms with Gasteiger partial charge in [0.15, 0.2) is 0 Å². The van der Waals surface area contributed by atoms with E-state index in [2.05, 4.69) is 6.92 Å². The number of rotatable bonds is 14. The molecule has 1 aliphatic heterocycles. The van der Waals surface area contributed by atoms with Gasteiger partial charge < -0.3 is 13.8 Å². The quantitative estimate of drug-likeness (QED) is 0.311. The average molecular weight is 440 g/mol. The maximum atomic E-state index is 12.9. The predicted molar refractivity (Wildman–Crippen MR) is 119 cm³/mol. The third-order valence-electron chi connectivity index (χ3n) is 5.34. The smallest absolute Gasteiger partial charge is 0.306 e. The SMILES string of the molecule is CCCCCCCCCC(=O)N(Cc1ccc(OS(C)(=O)=O)cc1)CC1CCCO1. The molecule has 0 spiro atoms. The Morgan fingerprint density at radius 3 is 2.37 bits per heavy atom. The first-order valence-corrected chi connectivity index (χ1v) is 13.1. The van der Waals surface area contributed by atoms with Crippen molar-refractivity contribution in [3.05, 3.63) is 29.8 Å². The second-order valence-corrected chi connectivity index (χ2v) is 9.79. The molecule has 30 heavy (non-hydrogen) atoms. The summed E-state index contributed by atoms with van der Waals surface area (Å²) in [5, 5.41) is 0. The Morgan fingerprint density at radius 2 is 1.77 bits per heavy atom. The van der Waals surface area contributed by atoms with E-state index < -0.39 is 10.1 Å². The van der Waals surface area contributed by atoms with Crippen LogP contribution in [0.25, 0.3) is 0 Å². The zero-order chi connectivity index (χ0) is 21.8. The standard InChI is InChI=1S/C23H37NO5S/c1-3-4-5-6-7-8-9-12-23(25)24(19-22-11-10-17-28-22)18-20-13-15-21(16-14-20)29-30(2,26)27/h13-16,22H,3-12,17-19H2,1-2H3. The van der Waals surface area contributed by atoms with E-state index in [0.717, 1.165) is 44.1 Å². The molecule has 7 heteroatoms. The van der Waals surface area contributed by atoms with Crippen LogP contribution in [-0.4, -0.2) is 44.7 Å². The molecule has 0 aliphatic carbocycles. The van der Waals surface area contributed by atoms with Crippen LogP contribution < -0.4 is 4.18 Å². The number of ether oxygens (including phenoxy) is 1. The molecule has 1 atom stereocenters. The van der Waals surface area contributed by atoms with Crippen molar-refractivity contribution in [3.8, 4) is 5.75 Å². The van der Waals surface area contributed by atoms with E-state index in [1.807, 2.05) is 17.0 Å².